The lowest BCUT2D eigenvalue weighted by atomic mass is 10.00. The van der Waals surface area contributed by atoms with Crippen molar-refractivity contribution in [3.8, 4) is 0 Å². The van der Waals surface area contributed by atoms with E-state index in [1.165, 1.54) is 0 Å². The molecule has 4 nitrogen and oxygen atoms in total. The van der Waals surface area contributed by atoms with Crippen LogP contribution in [0.4, 0.5) is 0 Å². The van der Waals surface area contributed by atoms with Gasteiger partial charge in [0.2, 0.25) is 0 Å². The highest BCUT2D eigenvalue weighted by atomic mass is 32.2. The van der Waals surface area contributed by atoms with Gasteiger partial charge in [0.25, 0.3) is 0 Å². The Morgan fingerprint density at radius 2 is 1.56 bits per heavy atom. The van der Waals surface area contributed by atoms with Gasteiger partial charge in [-0.3, -0.25) is 0 Å². The third-order valence-electron chi connectivity index (χ3n) is 4.43. The predicted molar refractivity (Wildman–Crippen MR) is 96.9 cm³/mol. The predicted octanol–water partition coefficient (Wildman–Crippen LogP) is 3.99. The van der Waals surface area contributed by atoms with Crippen LogP contribution in [0, 0.1) is 5.92 Å². The Morgan fingerprint density at radius 3 is 2.16 bits per heavy atom. The first-order valence-electron chi connectivity index (χ1n) is 8.59. The molecule has 1 saturated heterocycles. The van der Waals surface area contributed by atoms with Gasteiger partial charge < -0.3 is 9.47 Å². The molecule has 134 valence electrons. The van der Waals surface area contributed by atoms with Crippen LogP contribution in [-0.2, 0) is 19.3 Å². The van der Waals surface area contributed by atoms with Crippen molar-refractivity contribution in [3.05, 3.63) is 66.2 Å². The summed E-state index contributed by atoms with van der Waals surface area (Å²) in [5.74, 6) is 0.254. The molecular formula is C20H24O4S. The Morgan fingerprint density at radius 1 is 0.960 bits per heavy atom. The fourth-order valence-electron chi connectivity index (χ4n) is 3.01. The van der Waals surface area contributed by atoms with Gasteiger partial charge in [0.1, 0.15) is 0 Å². The molecule has 1 fully saturated rings. The van der Waals surface area contributed by atoms with Crippen LogP contribution in [-0.4, -0.2) is 26.4 Å². The summed E-state index contributed by atoms with van der Waals surface area (Å²) in [6, 6.07) is 18.2. The average Bonchev–Trinajstić information content (AvgIpc) is 2.62. The molecule has 0 N–H and O–H groups in total. The Bertz CT molecular complexity index is 772. The standard InChI is InChI=1S/C20H24O4S/c1-15(2)19-13-17(14-25(21,22)18-11-7-4-8-12-18)23-20(24-19)16-9-5-3-6-10-16/h3-12,15,17,19-20H,13-14H2,1-2H3/t17-,19+,20+/m1/s1. The second-order valence-electron chi connectivity index (χ2n) is 6.75. The molecule has 1 aliphatic heterocycles. The molecule has 2 aromatic carbocycles. The molecule has 3 atom stereocenters. The molecular weight excluding hydrogens is 336 g/mol. The van der Waals surface area contributed by atoms with Gasteiger partial charge in [0, 0.05) is 12.0 Å². The van der Waals surface area contributed by atoms with Gasteiger partial charge in [-0.15, -0.1) is 0 Å². The molecule has 25 heavy (non-hydrogen) atoms. The molecule has 3 rings (SSSR count). The van der Waals surface area contributed by atoms with E-state index in [-0.39, 0.29) is 17.8 Å². The van der Waals surface area contributed by atoms with Gasteiger partial charge in [-0.1, -0.05) is 62.4 Å². The van der Waals surface area contributed by atoms with Gasteiger partial charge in [-0.25, -0.2) is 8.42 Å². The van der Waals surface area contributed by atoms with E-state index in [9.17, 15) is 8.42 Å². The lowest BCUT2D eigenvalue weighted by molar-refractivity contribution is -0.251. The lowest BCUT2D eigenvalue weighted by Gasteiger charge is -2.37. The second kappa shape index (κ2) is 7.68. The van der Waals surface area contributed by atoms with Gasteiger partial charge in [-0.2, -0.15) is 0 Å². The molecule has 0 aromatic heterocycles. The van der Waals surface area contributed by atoms with Crippen molar-refractivity contribution in [1.29, 1.82) is 0 Å². The summed E-state index contributed by atoms with van der Waals surface area (Å²) >= 11 is 0. The number of sulfone groups is 1. The zero-order valence-electron chi connectivity index (χ0n) is 14.5. The Balaban J connectivity index is 1.80. The van der Waals surface area contributed by atoms with Crippen molar-refractivity contribution in [2.24, 2.45) is 5.92 Å². The number of benzene rings is 2. The van der Waals surface area contributed by atoms with Crippen molar-refractivity contribution in [1.82, 2.24) is 0 Å². The largest absolute Gasteiger partial charge is 0.345 e. The Labute approximate surface area is 149 Å². The fourth-order valence-corrected chi connectivity index (χ4v) is 4.48. The molecule has 0 bridgehead atoms. The van der Waals surface area contributed by atoms with Crippen LogP contribution >= 0.6 is 0 Å². The molecule has 0 aliphatic carbocycles. The maximum atomic E-state index is 12.7. The molecule has 0 saturated carbocycles. The number of hydrogen-bond donors (Lipinski definition) is 0. The first-order valence-corrected chi connectivity index (χ1v) is 10.2. The molecule has 2 aromatic rings. The van der Waals surface area contributed by atoms with E-state index in [0.29, 0.717) is 11.3 Å². The van der Waals surface area contributed by atoms with Crippen LogP contribution < -0.4 is 0 Å². The van der Waals surface area contributed by atoms with E-state index in [0.717, 1.165) is 5.56 Å². The number of rotatable bonds is 5. The first kappa shape index (κ1) is 18.1. The van der Waals surface area contributed by atoms with E-state index < -0.39 is 22.2 Å². The topological polar surface area (TPSA) is 52.6 Å². The molecule has 1 aliphatic rings. The van der Waals surface area contributed by atoms with Crippen LogP contribution in [0.5, 0.6) is 0 Å². The monoisotopic (exact) mass is 360 g/mol. The van der Waals surface area contributed by atoms with E-state index in [1.807, 2.05) is 36.4 Å². The Hall–Kier alpha value is -1.69. The molecule has 0 amide bonds. The van der Waals surface area contributed by atoms with Crippen molar-refractivity contribution >= 4 is 9.84 Å². The van der Waals surface area contributed by atoms with Crippen LogP contribution in [0.3, 0.4) is 0 Å². The zero-order valence-corrected chi connectivity index (χ0v) is 15.4. The van der Waals surface area contributed by atoms with Crippen LogP contribution in [0.1, 0.15) is 32.1 Å². The minimum absolute atomic E-state index is 0.0325. The second-order valence-corrected chi connectivity index (χ2v) is 8.78. The average molecular weight is 360 g/mol. The van der Waals surface area contributed by atoms with Crippen molar-refractivity contribution in [2.75, 3.05) is 5.75 Å². The highest BCUT2D eigenvalue weighted by Crippen LogP contribution is 2.33. The van der Waals surface area contributed by atoms with E-state index in [4.69, 9.17) is 9.47 Å². The zero-order chi connectivity index (χ0) is 17.9. The highest BCUT2D eigenvalue weighted by molar-refractivity contribution is 7.91. The van der Waals surface area contributed by atoms with E-state index >= 15 is 0 Å². The summed E-state index contributed by atoms with van der Waals surface area (Å²) in [6.07, 6.45) is -0.377. The van der Waals surface area contributed by atoms with E-state index in [1.54, 1.807) is 24.3 Å². The number of ether oxygens (including phenoxy) is 2. The van der Waals surface area contributed by atoms with Crippen LogP contribution in [0.25, 0.3) is 0 Å². The minimum atomic E-state index is -3.40. The molecule has 0 radical (unpaired) electrons. The van der Waals surface area contributed by atoms with Gasteiger partial charge in [-0.05, 0) is 18.1 Å². The minimum Gasteiger partial charge on any atom is -0.345 e. The summed E-state index contributed by atoms with van der Waals surface area (Å²) in [6.45, 7) is 4.17. The van der Waals surface area contributed by atoms with Crippen LogP contribution in [0.15, 0.2) is 65.6 Å². The quantitative estimate of drug-likeness (QED) is 0.809. The third kappa shape index (κ3) is 4.48. The van der Waals surface area contributed by atoms with Gasteiger partial charge >= 0.3 is 0 Å². The molecule has 1 heterocycles. The molecule has 0 spiro atoms. The third-order valence-corrected chi connectivity index (χ3v) is 6.23. The van der Waals surface area contributed by atoms with Crippen molar-refractivity contribution < 1.29 is 17.9 Å². The van der Waals surface area contributed by atoms with E-state index in [2.05, 4.69) is 13.8 Å². The van der Waals surface area contributed by atoms with Gasteiger partial charge in [0.05, 0.1) is 22.9 Å². The summed E-state index contributed by atoms with van der Waals surface area (Å²) in [5, 5.41) is 0. The fraction of sp³-hybridized carbons (Fsp3) is 0.400. The summed E-state index contributed by atoms with van der Waals surface area (Å²) < 4.78 is 37.5. The van der Waals surface area contributed by atoms with Crippen molar-refractivity contribution in [3.63, 3.8) is 0 Å². The SMILES string of the molecule is CC(C)[C@@H]1C[C@H](CS(=O)(=O)c2ccccc2)O[C@H](c2ccccc2)O1. The molecule has 0 unspecified atom stereocenters. The molecule has 5 heteroatoms. The summed E-state index contributed by atoms with van der Waals surface area (Å²) in [7, 11) is -3.40. The lowest BCUT2D eigenvalue weighted by Crippen LogP contribution is -2.39. The number of hydrogen-bond acceptors (Lipinski definition) is 4. The van der Waals surface area contributed by atoms with Crippen LogP contribution in [0.2, 0.25) is 0 Å². The smallest absolute Gasteiger partial charge is 0.184 e. The van der Waals surface area contributed by atoms with Crippen molar-refractivity contribution in [2.45, 2.75) is 43.7 Å². The summed E-state index contributed by atoms with van der Waals surface area (Å²) in [5.41, 5.74) is 0.912. The Kier molecular flexibility index (Phi) is 5.57. The summed E-state index contributed by atoms with van der Waals surface area (Å²) in [4.78, 5) is 0.336. The first-order chi connectivity index (χ1) is 12.0. The highest BCUT2D eigenvalue weighted by Gasteiger charge is 2.35. The maximum absolute atomic E-state index is 12.7. The normalized spacial score (nSPS) is 24.4. The van der Waals surface area contributed by atoms with Gasteiger partial charge in [0.15, 0.2) is 16.1 Å². The maximum Gasteiger partial charge on any atom is 0.184 e.